The van der Waals surface area contributed by atoms with Gasteiger partial charge in [0.2, 0.25) is 0 Å². The van der Waals surface area contributed by atoms with Gasteiger partial charge < -0.3 is 10.2 Å². The second-order valence-electron chi connectivity index (χ2n) is 4.12. The van der Waals surface area contributed by atoms with Crippen LogP contribution in [0, 0.1) is 11.3 Å². The molecule has 0 aromatic carbocycles. The highest BCUT2D eigenvalue weighted by Gasteiger charge is 2.30. The molecule has 12 heavy (non-hydrogen) atoms. The maximum absolute atomic E-state index is 10.8. The number of aliphatic hydroxyl groups excluding tert-OH is 1. The first-order valence-electron chi connectivity index (χ1n) is 4.23. The van der Waals surface area contributed by atoms with Crippen LogP contribution < -0.4 is 0 Å². The van der Waals surface area contributed by atoms with E-state index in [1.165, 1.54) is 0 Å². The van der Waals surface area contributed by atoms with E-state index in [9.17, 15) is 4.79 Å². The molecule has 0 aliphatic rings. The van der Waals surface area contributed by atoms with E-state index >= 15 is 0 Å². The van der Waals surface area contributed by atoms with Crippen molar-refractivity contribution in [1.82, 2.24) is 0 Å². The van der Waals surface area contributed by atoms with Crippen LogP contribution in [0.15, 0.2) is 0 Å². The molecule has 1 atom stereocenters. The lowest BCUT2D eigenvalue weighted by molar-refractivity contribution is -0.145. The summed E-state index contributed by atoms with van der Waals surface area (Å²) < 4.78 is 0. The summed E-state index contributed by atoms with van der Waals surface area (Å²) in [7, 11) is 0. The van der Waals surface area contributed by atoms with Crippen molar-refractivity contribution in [3.05, 3.63) is 0 Å². The third-order valence-corrected chi connectivity index (χ3v) is 1.99. The summed E-state index contributed by atoms with van der Waals surface area (Å²) in [6, 6.07) is 0. The molecular weight excluding hydrogens is 156 g/mol. The highest BCUT2D eigenvalue weighted by atomic mass is 16.4. The van der Waals surface area contributed by atoms with Gasteiger partial charge in [0, 0.05) is 6.61 Å². The zero-order valence-corrected chi connectivity index (χ0v) is 8.00. The smallest absolute Gasteiger partial charge is 0.307 e. The fourth-order valence-corrected chi connectivity index (χ4v) is 1.22. The van der Waals surface area contributed by atoms with Crippen LogP contribution >= 0.6 is 0 Å². The average molecular weight is 174 g/mol. The Balaban J connectivity index is 4.15. The lowest BCUT2D eigenvalue weighted by atomic mass is 9.78. The van der Waals surface area contributed by atoms with Crippen LogP contribution in [-0.4, -0.2) is 22.8 Å². The molecule has 0 rings (SSSR count). The van der Waals surface area contributed by atoms with Gasteiger partial charge in [-0.25, -0.2) is 0 Å². The normalized spacial score (nSPS) is 14.3. The molecule has 0 aliphatic carbocycles. The van der Waals surface area contributed by atoms with E-state index in [1.807, 2.05) is 20.8 Å². The van der Waals surface area contributed by atoms with E-state index in [1.54, 1.807) is 0 Å². The van der Waals surface area contributed by atoms with Crippen molar-refractivity contribution in [2.24, 2.45) is 11.3 Å². The predicted molar refractivity (Wildman–Crippen MR) is 46.9 cm³/mol. The largest absolute Gasteiger partial charge is 0.481 e. The SMILES string of the molecule is CC(C)(C)C(CCCO)C(=O)O. The van der Waals surface area contributed by atoms with Crippen molar-refractivity contribution in [2.75, 3.05) is 6.61 Å². The lowest BCUT2D eigenvalue weighted by Gasteiger charge is -2.26. The molecule has 0 radical (unpaired) electrons. The van der Waals surface area contributed by atoms with Gasteiger partial charge in [0.25, 0.3) is 0 Å². The first-order chi connectivity index (χ1) is 5.39. The quantitative estimate of drug-likeness (QED) is 0.679. The van der Waals surface area contributed by atoms with Gasteiger partial charge in [-0.2, -0.15) is 0 Å². The number of rotatable bonds is 4. The Morgan fingerprint density at radius 2 is 1.92 bits per heavy atom. The molecule has 0 saturated carbocycles. The van der Waals surface area contributed by atoms with Gasteiger partial charge >= 0.3 is 5.97 Å². The van der Waals surface area contributed by atoms with Crippen LogP contribution in [0.25, 0.3) is 0 Å². The molecule has 0 aliphatic heterocycles. The van der Waals surface area contributed by atoms with Crippen LogP contribution in [0.2, 0.25) is 0 Å². The number of carboxylic acids is 1. The Morgan fingerprint density at radius 3 is 2.17 bits per heavy atom. The molecule has 0 aromatic heterocycles. The van der Waals surface area contributed by atoms with E-state index in [2.05, 4.69) is 0 Å². The lowest BCUT2D eigenvalue weighted by Crippen LogP contribution is -2.28. The Kier molecular flexibility index (Phi) is 4.24. The molecule has 0 saturated heterocycles. The standard InChI is InChI=1S/C9H18O3/c1-9(2,3)7(8(11)12)5-4-6-10/h7,10H,4-6H2,1-3H3,(H,11,12). The average Bonchev–Trinajstić information content (AvgIpc) is 1.84. The van der Waals surface area contributed by atoms with Crippen molar-refractivity contribution >= 4 is 5.97 Å². The highest BCUT2D eigenvalue weighted by molar-refractivity contribution is 5.70. The van der Waals surface area contributed by atoms with Crippen molar-refractivity contribution in [2.45, 2.75) is 33.6 Å². The van der Waals surface area contributed by atoms with Gasteiger partial charge in [0.15, 0.2) is 0 Å². The molecule has 0 aromatic rings. The van der Waals surface area contributed by atoms with E-state index in [-0.39, 0.29) is 17.9 Å². The van der Waals surface area contributed by atoms with E-state index in [0.29, 0.717) is 12.8 Å². The van der Waals surface area contributed by atoms with Crippen LogP contribution in [-0.2, 0) is 4.79 Å². The van der Waals surface area contributed by atoms with Gasteiger partial charge in [-0.1, -0.05) is 20.8 Å². The number of hydrogen-bond acceptors (Lipinski definition) is 2. The fourth-order valence-electron chi connectivity index (χ4n) is 1.22. The summed E-state index contributed by atoms with van der Waals surface area (Å²) in [6.45, 7) is 5.79. The Bertz CT molecular complexity index is 146. The van der Waals surface area contributed by atoms with Gasteiger partial charge in [-0.15, -0.1) is 0 Å². The molecule has 2 N–H and O–H groups in total. The van der Waals surface area contributed by atoms with E-state index < -0.39 is 5.97 Å². The van der Waals surface area contributed by atoms with Gasteiger partial charge in [0.1, 0.15) is 0 Å². The maximum Gasteiger partial charge on any atom is 0.307 e. The fraction of sp³-hybridized carbons (Fsp3) is 0.889. The van der Waals surface area contributed by atoms with E-state index in [0.717, 1.165) is 0 Å². The summed E-state index contributed by atoms with van der Waals surface area (Å²) in [5.74, 6) is -1.12. The molecule has 72 valence electrons. The molecule has 0 heterocycles. The Hall–Kier alpha value is -0.570. The summed E-state index contributed by atoms with van der Waals surface area (Å²) in [6.07, 6.45) is 1.11. The first-order valence-corrected chi connectivity index (χ1v) is 4.23. The summed E-state index contributed by atoms with van der Waals surface area (Å²) in [5.41, 5.74) is -0.221. The zero-order chi connectivity index (χ0) is 9.78. The number of hydrogen-bond donors (Lipinski definition) is 2. The maximum atomic E-state index is 10.8. The molecule has 0 spiro atoms. The molecule has 1 unspecified atom stereocenters. The second-order valence-corrected chi connectivity index (χ2v) is 4.12. The topological polar surface area (TPSA) is 57.5 Å². The third kappa shape index (κ3) is 3.72. The van der Waals surface area contributed by atoms with Crippen molar-refractivity contribution in [1.29, 1.82) is 0 Å². The Labute approximate surface area is 73.4 Å². The number of aliphatic hydroxyl groups is 1. The van der Waals surface area contributed by atoms with Crippen LogP contribution in [0.1, 0.15) is 33.6 Å². The molecule has 0 amide bonds. The second kappa shape index (κ2) is 4.45. The monoisotopic (exact) mass is 174 g/mol. The van der Waals surface area contributed by atoms with Crippen LogP contribution in [0.3, 0.4) is 0 Å². The number of aliphatic carboxylic acids is 1. The molecule has 3 heteroatoms. The van der Waals surface area contributed by atoms with Crippen LogP contribution in [0.5, 0.6) is 0 Å². The first kappa shape index (κ1) is 11.4. The number of carbonyl (C=O) groups is 1. The van der Waals surface area contributed by atoms with Gasteiger partial charge in [-0.05, 0) is 18.3 Å². The molecule has 0 bridgehead atoms. The van der Waals surface area contributed by atoms with Gasteiger partial charge in [0.05, 0.1) is 5.92 Å². The van der Waals surface area contributed by atoms with Crippen molar-refractivity contribution in [3.63, 3.8) is 0 Å². The third-order valence-electron chi connectivity index (χ3n) is 1.99. The zero-order valence-electron chi connectivity index (χ0n) is 8.00. The Morgan fingerprint density at radius 1 is 1.42 bits per heavy atom. The summed E-state index contributed by atoms with van der Waals surface area (Å²) >= 11 is 0. The van der Waals surface area contributed by atoms with Crippen molar-refractivity contribution < 1.29 is 15.0 Å². The molecular formula is C9H18O3. The summed E-state index contributed by atoms with van der Waals surface area (Å²) in [5, 5.41) is 17.4. The minimum Gasteiger partial charge on any atom is -0.481 e. The summed E-state index contributed by atoms with van der Waals surface area (Å²) in [4.78, 5) is 10.8. The van der Waals surface area contributed by atoms with Crippen LogP contribution in [0.4, 0.5) is 0 Å². The molecule has 3 nitrogen and oxygen atoms in total. The van der Waals surface area contributed by atoms with Crippen molar-refractivity contribution in [3.8, 4) is 0 Å². The minimum atomic E-state index is -0.768. The predicted octanol–water partition coefficient (Wildman–Crippen LogP) is 1.51. The minimum absolute atomic E-state index is 0.0693. The number of carboxylic acid groups (broad SMARTS) is 1. The highest BCUT2D eigenvalue weighted by Crippen LogP contribution is 2.29. The molecule has 0 fully saturated rings. The van der Waals surface area contributed by atoms with E-state index in [4.69, 9.17) is 10.2 Å². The van der Waals surface area contributed by atoms with Gasteiger partial charge in [-0.3, -0.25) is 4.79 Å².